The molecule has 1 aromatic rings. The van der Waals surface area contributed by atoms with Crippen LogP contribution in [0.15, 0.2) is 35.3 Å². The van der Waals surface area contributed by atoms with E-state index in [9.17, 15) is 4.79 Å². The zero-order valence-electron chi connectivity index (χ0n) is 16.2. The molecule has 0 spiro atoms. The van der Waals surface area contributed by atoms with Crippen molar-refractivity contribution in [1.82, 2.24) is 15.5 Å². The molecule has 0 aromatic heterocycles. The number of benzene rings is 1. The Kier molecular flexibility index (Phi) is 8.79. The topological polar surface area (TPSA) is 60.0 Å². The fraction of sp³-hybridized carbons (Fsp3) is 0.600. The summed E-state index contributed by atoms with van der Waals surface area (Å²) < 4.78 is 0. The molecule has 0 saturated carbocycles. The molecular weight excluding hydrogens is 326 g/mol. The normalized spacial score (nSPS) is 15.1. The lowest BCUT2D eigenvalue weighted by atomic mass is 10.2. The first-order valence-electron chi connectivity index (χ1n) is 9.84. The number of hydrogen-bond acceptors (Lipinski definition) is 3. The van der Waals surface area contributed by atoms with E-state index < -0.39 is 0 Å². The van der Waals surface area contributed by atoms with Crippen molar-refractivity contribution in [3.05, 3.63) is 30.3 Å². The zero-order chi connectivity index (χ0) is 18.6. The molecule has 1 fully saturated rings. The van der Waals surface area contributed by atoms with Crippen LogP contribution in [-0.4, -0.2) is 62.6 Å². The number of nitrogens with zero attached hydrogens (tertiary/aromatic N) is 3. The maximum atomic E-state index is 12.4. The number of nitrogens with one attached hydrogen (secondary N) is 2. The van der Waals surface area contributed by atoms with E-state index in [1.807, 2.05) is 17.9 Å². The smallest absolute Gasteiger partial charge is 0.224 e. The zero-order valence-corrected chi connectivity index (χ0v) is 16.2. The molecule has 0 atom stereocenters. The Morgan fingerprint density at radius 1 is 1.08 bits per heavy atom. The van der Waals surface area contributed by atoms with Crippen LogP contribution in [0.1, 0.15) is 33.1 Å². The molecule has 1 aromatic carbocycles. The second-order valence-corrected chi connectivity index (χ2v) is 6.49. The Hall–Kier alpha value is -2.24. The van der Waals surface area contributed by atoms with Gasteiger partial charge in [-0.2, -0.15) is 0 Å². The van der Waals surface area contributed by atoms with E-state index >= 15 is 0 Å². The van der Waals surface area contributed by atoms with Gasteiger partial charge in [0.25, 0.3) is 0 Å². The number of anilines is 1. The molecule has 6 nitrogen and oxygen atoms in total. The van der Waals surface area contributed by atoms with Crippen LogP contribution in [0.5, 0.6) is 0 Å². The lowest BCUT2D eigenvalue weighted by molar-refractivity contribution is -0.131. The van der Waals surface area contributed by atoms with E-state index in [0.717, 1.165) is 58.1 Å². The van der Waals surface area contributed by atoms with Crippen molar-refractivity contribution in [2.75, 3.05) is 50.7 Å². The van der Waals surface area contributed by atoms with Crippen molar-refractivity contribution < 1.29 is 4.79 Å². The van der Waals surface area contributed by atoms with Gasteiger partial charge in [-0.25, -0.2) is 0 Å². The van der Waals surface area contributed by atoms with Gasteiger partial charge in [0.1, 0.15) is 0 Å². The molecule has 0 unspecified atom stereocenters. The van der Waals surface area contributed by atoms with E-state index in [2.05, 4.69) is 51.7 Å². The first-order valence-corrected chi connectivity index (χ1v) is 9.84. The highest BCUT2D eigenvalue weighted by Gasteiger charge is 2.20. The molecule has 0 aliphatic carbocycles. The van der Waals surface area contributed by atoms with E-state index in [1.54, 1.807) is 0 Å². The summed E-state index contributed by atoms with van der Waals surface area (Å²) in [5.74, 6) is 1.03. The number of piperazine rings is 1. The molecular formula is C20H33N5O. The molecule has 1 aliphatic heterocycles. The summed E-state index contributed by atoms with van der Waals surface area (Å²) in [6, 6.07) is 10.4. The second-order valence-electron chi connectivity index (χ2n) is 6.49. The van der Waals surface area contributed by atoms with Gasteiger partial charge in [0.05, 0.1) is 0 Å². The van der Waals surface area contributed by atoms with Crippen molar-refractivity contribution >= 4 is 17.6 Å². The summed E-state index contributed by atoms with van der Waals surface area (Å²) in [5, 5.41) is 6.49. The fourth-order valence-electron chi connectivity index (χ4n) is 2.99. The Balaban J connectivity index is 1.70. The number of carbonyl (C=O) groups is 1. The summed E-state index contributed by atoms with van der Waals surface area (Å²) >= 11 is 0. The van der Waals surface area contributed by atoms with Crippen LogP contribution in [0.2, 0.25) is 0 Å². The predicted molar refractivity (Wildman–Crippen MR) is 109 cm³/mol. The third-order valence-electron chi connectivity index (χ3n) is 4.51. The minimum absolute atomic E-state index is 0.217. The summed E-state index contributed by atoms with van der Waals surface area (Å²) in [5.41, 5.74) is 1.24. The summed E-state index contributed by atoms with van der Waals surface area (Å²) in [6.07, 6.45) is 2.72. The van der Waals surface area contributed by atoms with E-state index in [0.29, 0.717) is 13.0 Å². The van der Waals surface area contributed by atoms with Gasteiger partial charge in [-0.05, 0) is 25.5 Å². The summed E-state index contributed by atoms with van der Waals surface area (Å²) in [6.45, 7) is 9.84. The third kappa shape index (κ3) is 6.58. The summed E-state index contributed by atoms with van der Waals surface area (Å²) in [7, 11) is 0. The summed E-state index contributed by atoms with van der Waals surface area (Å²) in [4.78, 5) is 21.3. The Labute approximate surface area is 157 Å². The van der Waals surface area contributed by atoms with Gasteiger partial charge in [0, 0.05) is 57.9 Å². The molecule has 1 saturated heterocycles. The largest absolute Gasteiger partial charge is 0.368 e. The molecule has 0 radical (unpaired) electrons. The predicted octanol–water partition coefficient (Wildman–Crippen LogP) is 2.08. The van der Waals surface area contributed by atoms with E-state index in [1.165, 1.54) is 5.69 Å². The van der Waals surface area contributed by atoms with Gasteiger partial charge in [0.15, 0.2) is 5.96 Å². The molecule has 0 bridgehead atoms. The van der Waals surface area contributed by atoms with Gasteiger partial charge in [0.2, 0.25) is 5.91 Å². The maximum Gasteiger partial charge on any atom is 0.224 e. The number of guanidine groups is 1. The van der Waals surface area contributed by atoms with Gasteiger partial charge in [-0.15, -0.1) is 0 Å². The molecule has 2 rings (SSSR count). The van der Waals surface area contributed by atoms with Crippen LogP contribution in [-0.2, 0) is 4.79 Å². The van der Waals surface area contributed by atoms with Crippen LogP contribution in [0.4, 0.5) is 5.69 Å². The Bertz CT molecular complexity index is 553. The van der Waals surface area contributed by atoms with Crippen LogP contribution < -0.4 is 15.5 Å². The molecule has 144 valence electrons. The van der Waals surface area contributed by atoms with Crippen LogP contribution in [0, 0.1) is 0 Å². The maximum absolute atomic E-state index is 12.4. The Morgan fingerprint density at radius 3 is 2.46 bits per heavy atom. The second kappa shape index (κ2) is 11.4. The molecule has 2 N–H and O–H groups in total. The Morgan fingerprint density at radius 2 is 1.81 bits per heavy atom. The van der Waals surface area contributed by atoms with Gasteiger partial charge in [-0.3, -0.25) is 9.79 Å². The standard InChI is InChI=1S/C20H33N5O/c1-3-5-12-22-20(21-4-2)23-13-11-19(26)25-16-14-24(15-17-25)18-9-7-6-8-10-18/h6-10H,3-5,11-17H2,1-2H3,(H2,21,22,23). The van der Waals surface area contributed by atoms with Crippen LogP contribution in [0.25, 0.3) is 0 Å². The first-order chi connectivity index (χ1) is 12.7. The van der Waals surface area contributed by atoms with Crippen molar-refractivity contribution in [1.29, 1.82) is 0 Å². The number of amides is 1. The van der Waals surface area contributed by atoms with Crippen molar-refractivity contribution in [3.63, 3.8) is 0 Å². The SMILES string of the molecule is CCCCN=C(NCC)NCCC(=O)N1CCN(c2ccccc2)CC1. The van der Waals surface area contributed by atoms with E-state index in [-0.39, 0.29) is 5.91 Å². The van der Waals surface area contributed by atoms with Crippen molar-refractivity contribution in [2.24, 2.45) is 4.99 Å². The minimum atomic E-state index is 0.217. The number of unbranched alkanes of at least 4 members (excludes halogenated alkanes) is 1. The van der Waals surface area contributed by atoms with Crippen LogP contribution in [0.3, 0.4) is 0 Å². The van der Waals surface area contributed by atoms with Gasteiger partial charge < -0.3 is 20.4 Å². The minimum Gasteiger partial charge on any atom is -0.368 e. The highest BCUT2D eigenvalue weighted by atomic mass is 16.2. The lowest BCUT2D eigenvalue weighted by Crippen LogP contribution is -2.49. The molecule has 1 heterocycles. The van der Waals surface area contributed by atoms with Crippen LogP contribution >= 0.6 is 0 Å². The number of para-hydroxylation sites is 1. The highest BCUT2D eigenvalue weighted by Crippen LogP contribution is 2.15. The molecule has 26 heavy (non-hydrogen) atoms. The van der Waals surface area contributed by atoms with Crippen molar-refractivity contribution in [3.8, 4) is 0 Å². The number of hydrogen-bond donors (Lipinski definition) is 2. The number of aliphatic imine (C=N–C) groups is 1. The van der Waals surface area contributed by atoms with Gasteiger partial charge >= 0.3 is 0 Å². The molecule has 6 heteroatoms. The van der Waals surface area contributed by atoms with Gasteiger partial charge in [-0.1, -0.05) is 31.5 Å². The fourth-order valence-corrected chi connectivity index (χ4v) is 2.99. The quantitative estimate of drug-likeness (QED) is 0.424. The monoisotopic (exact) mass is 359 g/mol. The lowest BCUT2D eigenvalue weighted by Gasteiger charge is -2.36. The average molecular weight is 360 g/mol. The molecule has 1 amide bonds. The average Bonchev–Trinajstić information content (AvgIpc) is 2.69. The van der Waals surface area contributed by atoms with Crippen molar-refractivity contribution in [2.45, 2.75) is 33.1 Å². The number of rotatable bonds is 8. The highest BCUT2D eigenvalue weighted by molar-refractivity contribution is 5.81. The third-order valence-corrected chi connectivity index (χ3v) is 4.51. The molecule has 1 aliphatic rings. The first kappa shape index (κ1) is 20.1. The number of carbonyl (C=O) groups excluding carboxylic acids is 1. The van der Waals surface area contributed by atoms with E-state index in [4.69, 9.17) is 0 Å².